The molecule has 0 saturated heterocycles. The predicted octanol–water partition coefficient (Wildman–Crippen LogP) is 3.99. The third-order valence-corrected chi connectivity index (χ3v) is 7.79. The number of nitro groups is 1. The minimum atomic E-state index is -0.913. The first-order chi connectivity index (χ1) is 20.7. The van der Waals surface area contributed by atoms with E-state index < -0.39 is 22.5 Å². The van der Waals surface area contributed by atoms with E-state index in [4.69, 9.17) is 23.4 Å². The number of carbonyl (C=O) groups excluding carboxylic acids is 1. The third kappa shape index (κ3) is 5.42. The number of hydrogen-bond donors (Lipinski definition) is 0. The van der Waals surface area contributed by atoms with Gasteiger partial charge in [0.1, 0.15) is 34.8 Å². The number of carbonyl (C=O) groups is 1. The van der Waals surface area contributed by atoms with Gasteiger partial charge in [-0.15, -0.1) is 0 Å². The number of nitrogens with zero attached hydrogens (tertiary/aromatic N) is 3. The number of hydrogen-bond acceptors (Lipinski definition) is 11. The minimum absolute atomic E-state index is 0.122. The number of allylic oxidation sites excluding steroid dienone is 1. The SMILES string of the molecule is CCOC(=O)C1=C(C)N=c2s/c(=C\c3ccc(-c4cc([N+](=O)[O-])ccc4OC)o3)c(=O)n2[C@@H]1c1cc(OC)ccc1OC. The Morgan fingerprint density at radius 2 is 1.84 bits per heavy atom. The Labute approximate surface area is 248 Å². The normalized spacial score (nSPS) is 14.6. The first-order valence-corrected chi connectivity index (χ1v) is 13.9. The molecule has 0 bridgehead atoms. The fourth-order valence-corrected chi connectivity index (χ4v) is 5.87. The molecular weight excluding hydrogens is 578 g/mol. The first-order valence-electron chi connectivity index (χ1n) is 13.0. The number of furan rings is 1. The van der Waals surface area contributed by atoms with Crippen LogP contribution in [0.2, 0.25) is 0 Å². The summed E-state index contributed by atoms with van der Waals surface area (Å²) >= 11 is 1.12. The minimum Gasteiger partial charge on any atom is -0.497 e. The summed E-state index contributed by atoms with van der Waals surface area (Å²) in [6.07, 6.45) is 1.56. The molecule has 12 nitrogen and oxygen atoms in total. The fraction of sp³-hybridized carbons (Fsp3) is 0.233. The molecule has 2 aromatic carbocycles. The number of methoxy groups -OCH3 is 3. The van der Waals surface area contributed by atoms with Crippen LogP contribution in [0.1, 0.15) is 31.2 Å². The van der Waals surface area contributed by atoms with Gasteiger partial charge in [-0.3, -0.25) is 19.5 Å². The van der Waals surface area contributed by atoms with E-state index in [-0.39, 0.29) is 22.4 Å². The summed E-state index contributed by atoms with van der Waals surface area (Å²) in [6.45, 7) is 3.53. The maximum atomic E-state index is 14.0. The van der Waals surface area contributed by atoms with Crippen LogP contribution in [0.5, 0.6) is 17.2 Å². The standard InChI is InChI=1S/C30H27N3O9S/c1-6-41-29(35)26-16(2)31-30-32(27(26)21-14-18(38-3)8-11-23(21)40-5)28(34)25(43-30)15-19-9-12-24(42-19)20-13-17(33(36)37)7-10-22(20)39-4/h7-15,27H,6H2,1-5H3/b25-15-/t27-/m1/s1. The van der Waals surface area contributed by atoms with Crippen molar-refractivity contribution in [2.75, 3.05) is 27.9 Å². The average Bonchev–Trinajstić information content (AvgIpc) is 3.59. The molecule has 2 aromatic heterocycles. The molecule has 0 fully saturated rings. The summed E-state index contributed by atoms with van der Waals surface area (Å²) < 4.78 is 29.5. The van der Waals surface area contributed by atoms with E-state index in [1.807, 2.05) is 0 Å². The van der Waals surface area contributed by atoms with Crippen molar-refractivity contribution in [2.24, 2.45) is 4.99 Å². The van der Waals surface area contributed by atoms with Crippen molar-refractivity contribution in [3.63, 3.8) is 0 Å². The molecule has 3 heterocycles. The summed E-state index contributed by atoms with van der Waals surface area (Å²) in [4.78, 5) is 43.0. The molecule has 43 heavy (non-hydrogen) atoms. The molecule has 0 amide bonds. The monoisotopic (exact) mass is 605 g/mol. The molecule has 0 N–H and O–H groups in total. The van der Waals surface area contributed by atoms with E-state index in [9.17, 15) is 19.7 Å². The molecule has 0 unspecified atom stereocenters. The predicted molar refractivity (Wildman–Crippen MR) is 157 cm³/mol. The van der Waals surface area contributed by atoms with Crippen molar-refractivity contribution >= 4 is 29.1 Å². The van der Waals surface area contributed by atoms with Gasteiger partial charge in [-0.05, 0) is 50.2 Å². The lowest BCUT2D eigenvalue weighted by molar-refractivity contribution is -0.384. The van der Waals surface area contributed by atoms with Crippen molar-refractivity contribution in [1.82, 2.24) is 4.57 Å². The van der Waals surface area contributed by atoms with Crippen LogP contribution in [0, 0.1) is 10.1 Å². The van der Waals surface area contributed by atoms with E-state index >= 15 is 0 Å². The lowest BCUT2D eigenvalue weighted by atomic mass is 9.95. The molecule has 1 atom stereocenters. The quantitative estimate of drug-likeness (QED) is 0.157. The lowest BCUT2D eigenvalue weighted by Crippen LogP contribution is -2.40. The third-order valence-electron chi connectivity index (χ3n) is 6.81. The van der Waals surface area contributed by atoms with Gasteiger partial charge >= 0.3 is 5.97 Å². The number of non-ortho nitro benzene ring substituents is 1. The van der Waals surface area contributed by atoms with E-state index in [0.29, 0.717) is 50.4 Å². The Bertz CT molecular complexity index is 1950. The van der Waals surface area contributed by atoms with Gasteiger partial charge in [0, 0.05) is 23.8 Å². The Kier molecular flexibility index (Phi) is 8.17. The number of benzene rings is 2. The molecule has 5 rings (SSSR count). The highest BCUT2D eigenvalue weighted by atomic mass is 32.1. The van der Waals surface area contributed by atoms with Gasteiger partial charge in [0.2, 0.25) is 0 Å². The molecule has 0 aliphatic carbocycles. The Hall–Kier alpha value is -5.17. The number of thiazole rings is 1. The Balaban J connectivity index is 1.67. The van der Waals surface area contributed by atoms with Crippen LogP contribution in [-0.2, 0) is 9.53 Å². The number of rotatable bonds is 9. The van der Waals surface area contributed by atoms with Crippen LogP contribution < -0.4 is 29.1 Å². The summed E-state index contributed by atoms with van der Waals surface area (Å²) in [5.74, 6) is 1.38. The Morgan fingerprint density at radius 3 is 2.51 bits per heavy atom. The molecule has 0 radical (unpaired) electrons. The molecule has 1 aliphatic rings. The molecule has 0 saturated carbocycles. The molecule has 1 aliphatic heterocycles. The highest BCUT2D eigenvalue weighted by Crippen LogP contribution is 2.38. The summed E-state index contributed by atoms with van der Waals surface area (Å²) in [5, 5.41) is 11.3. The number of esters is 1. The van der Waals surface area contributed by atoms with Gasteiger partial charge in [0.25, 0.3) is 11.2 Å². The van der Waals surface area contributed by atoms with E-state index in [1.54, 1.807) is 50.3 Å². The van der Waals surface area contributed by atoms with Gasteiger partial charge in [-0.25, -0.2) is 9.79 Å². The lowest BCUT2D eigenvalue weighted by Gasteiger charge is -2.26. The second-order valence-corrected chi connectivity index (χ2v) is 10.3. The smallest absolute Gasteiger partial charge is 0.338 e. The molecule has 4 aromatic rings. The number of aromatic nitrogens is 1. The topological polar surface area (TPSA) is 145 Å². The highest BCUT2D eigenvalue weighted by Gasteiger charge is 2.35. The van der Waals surface area contributed by atoms with Gasteiger partial charge < -0.3 is 23.4 Å². The number of ether oxygens (including phenoxy) is 4. The zero-order chi connectivity index (χ0) is 30.8. The van der Waals surface area contributed by atoms with Crippen molar-refractivity contribution in [3.8, 4) is 28.6 Å². The molecular formula is C30H27N3O9S. The molecule has 13 heteroatoms. The summed E-state index contributed by atoms with van der Waals surface area (Å²) in [6, 6.07) is 11.7. The maximum Gasteiger partial charge on any atom is 0.338 e. The van der Waals surface area contributed by atoms with Crippen molar-refractivity contribution in [1.29, 1.82) is 0 Å². The van der Waals surface area contributed by atoms with Crippen LogP contribution in [0.25, 0.3) is 17.4 Å². The van der Waals surface area contributed by atoms with Crippen LogP contribution in [-0.4, -0.2) is 43.4 Å². The largest absolute Gasteiger partial charge is 0.497 e. The van der Waals surface area contributed by atoms with Gasteiger partial charge in [-0.1, -0.05) is 11.3 Å². The zero-order valence-electron chi connectivity index (χ0n) is 23.9. The highest BCUT2D eigenvalue weighted by molar-refractivity contribution is 7.07. The molecule has 222 valence electrons. The number of nitro benzene ring substituents is 1. The van der Waals surface area contributed by atoms with Crippen molar-refractivity contribution in [3.05, 3.63) is 101 Å². The van der Waals surface area contributed by atoms with Crippen LogP contribution in [0.3, 0.4) is 0 Å². The van der Waals surface area contributed by atoms with Gasteiger partial charge in [0.05, 0.1) is 54.2 Å². The van der Waals surface area contributed by atoms with E-state index in [1.165, 1.54) is 44.1 Å². The number of fused-ring (bicyclic) bond motifs is 1. The van der Waals surface area contributed by atoms with E-state index in [0.717, 1.165) is 11.3 Å². The van der Waals surface area contributed by atoms with Gasteiger partial charge in [-0.2, -0.15) is 0 Å². The zero-order valence-corrected chi connectivity index (χ0v) is 24.7. The van der Waals surface area contributed by atoms with E-state index in [2.05, 4.69) is 4.99 Å². The maximum absolute atomic E-state index is 14.0. The van der Waals surface area contributed by atoms with Gasteiger partial charge in [0.15, 0.2) is 4.80 Å². The average molecular weight is 606 g/mol. The molecule has 0 spiro atoms. The van der Waals surface area contributed by atoms with Crippen LogP contribution >= 0.6 is 11.3 Å². The first kappa shape index (κ1) is 29.3. The fourth-order valence-electron chi connectivity index (χ4n) is 4.85. The van der Waals surface area contributed by atoms with Crippen molar-refractivity contribution in [2.45, 2.75) is 19.9 Å². The van der Waals surface area contributed by atoms with Crippen LogP contribution in [0.15, 0.2) is 74.0 Å². The van der Waals surface area contributed by atoms with Crippen molar-refractivity contribution < 1.29 is 33.1 Å². The second-order valence-electron chi connectivity index (χ2n) is 9.25. The summed E-state index contributed by atoms with van der Waals surface area (Å²) in [7, 11) is 4.47. The summed E-state index contributed by atoms with van der Waals surface area (Å²) in [5.41, 5.74) is 0.966. The second kappa shape index (κ2) is 12.0. The van der Waals surface area contributed by atoms with Crippen LogP contribution in [0.4, 0.5) is 5.69 Å². The Morgan fingerprint density at radius 1 is 1.09 bits per heavy atom.